The van der Waals surface area contributed by atoms with Gasteiger partial charge in [-0.1, -0.05) is 0 Å². The van der Waals surface area contributed by atoms with Crippen molar-refractivity contribution in [1.82, 2.24) is 10.6 Å². The first-order valence-corrected chi connectivity index (χ1v) is 6.27. The number of nitrogens with one attached hydrogen (secondary N) is 3. The van der Waals surface area contributed by atoms with Crippen LogP contribution in [0.1, 0.15) is 10.6 Å². The first kappa shape index (κ1) is 14.6. The monoisotopic (exact) mass is 291 g/mol. The highest BCUT2D eigenvalue weighted by Crippen LogP contribution is 2.07. The van der Waals surface area contributed by atoms with Gasteiger partial charge in [-0.25, -0.2) is 9.18 Å². The van der Waals surface area contributed by atoms with Gasteiger partial charge < -0.3 is 20.4 Å². The quantitative estimate of drug-likeness (QED) is 0.736. The minimum absolute atomic E-state index is 0.214. The van der Waals surface area contributed by atoms with Crippen molar-refractivity contribution in [3.8, 4) is 0 Å². The number of rotatable bonds is 5. The number of carbonyl (C=O) groups excluding carboxylic acids is 2. The van der Waals surface area contributed by atoms with Gasteiger partial charge in [-0.05, 0) is 36.4 Å². The van der Waals surface area contributed by atoms with Crippen LogP contribution >= 0.6 is 0 Å². The molecule has 3 amide bonds. The van der Waals surface area contributed by atoms with Gasteiger partial charge in [0.1, 0.15) is 5.82 Å². The molecule has 1 aromatic heterocycles. The lowest BCUT2D eigenvalue weighted by Crippen LogP contribution is -2.36. The Balaban J connectivity index is 1.65. The first-order chi connectivity index (χ1) is 10.1. The van der Waals surface area contributed by atoms with Crippen LogP contribution in [0.25, 0.3) is 0 Å². The van der Waals surface area contributed by atoms with Crippen LogP contribution in [0.15, 0.2) is 47.1 Å². The fraction of sp³-hybridized carbons (Fsp3) is 0.143. The van der Waals surface area contributed by atoms with Gasteiger partial charge in [0.2, 0.25) is 0 Å². The second-order valence-electron chi connectivity index (χ2n) is 4.12. The molecule has 0 atom stereocenters. The highest BCUT2D eigenvalue weighted by atomic mass is 19.1. The van der Waals surface area contributed by atoms with E-state index in [9.17, 15) is 14.0 Å². The van der Waals surface area contributed by atoms with Crippen molar-refractivity contribution in [1.29, 1.82) is 0 Å². The Kier molecular flexibility index (Phi) is 4.92. The maximum absolute atomic E-state index is 12.7. The van der Waals surface area contributed by atoms with Crippen molar-refractivity contribution in [3.05, 3.63) is 54.2 Å². The average Bonchev–Trinajstić information content (AvgIpc) is 3.00. The van der Waals surface area contributed by atoms with Crippen LogP contribution < -0.4 is 16.0 Å². The molecule has 0 aliphatic rings. The van der Waals surface area contributed by atoms with E-state index in [0.29, 0.717) is 5.69 Å². The lowest BCUT2D eigenvalue weighted by atomic mass is 10.3. The summed E-state index contributed by atoms with van der Waals surface area (Å²) < 4.78 is 17.6. The molecule has 7 heteroatoms. The fourth-order valence-corrected chi connectivity index (χ4v) is 1.56. The Morgan fingerprint density at radius 1 is 1.05 bits per heavy atom. The average molecular weight is 291 g/mol. The number of anilines is 1. The molecule has 0 fully saturated rings. The van der Waals surface area contributed by atoms with E-state index in [-0.39, 0.29) is 30.6 Å². The summed E-state index contributed by atoms with van der Waals surface area (Å²) in [5, 5.41) is 7.68. The Bertz CT molecular complexity index is 596. The summed E-state index contributed by atoms with van der Waals surface area (Å²) in [6.45, 7) is 0.510. The summed E-state index contributed by atoms with van der Waals surface area (Å²) in [6, 6.07) is 8.13. The van der Waals surface area contributed by atoms with Crippen LogP contribution in [-0.4, -0.2) is 25.0 Å². The SMILES string of the molecule is O=C(NCCNC(=O)c1ccco1)Nc1ccc(F)cc1. The molecule has 3 N–H and O–H groups in total. The van der Waals surface area contributed by atoms with Crippen molar-refractivity contribution >= 4 is 17.6 Å². The minimum atomic E-state index is -0.436. The van der Waals surface area contributed by atoms with E-state index >= 15 is 0 Å². The van der Waals surface area contributed by atoms with Crippen molar-refractivity contribution < 1.29 is 18.4 Å². The molecule has 2 aromatic rings. The second-order valence-corrected chi connectivity index (χ2v) is 4.12. The van der Waals surface area contributed by atoms with Gasteiger partial charge >= 0.3 is 6.03 Å². The van der Waals surface area contributed by atoms with Gasteiger partial charge in [-0.15, -0.1) is 0 Å². The number of carbonyl (C=O) groups is 2. The molecule has 0 saturated heterocycles. The molecule has 0 aliphatic heterocycles. The molecule has 6 nitrogen and oxygen atoms in total. The van der Waals surface area contributed by atoms with E-state index in [1.54, 1.807) is 12.1 Å². The summed E-state index contributed by atoms with van der Waals surface area (Å²) in [5.41, 5.74) is 0.480. The number of hydrogen-bond donors (Lipinski definition) is 3. The van der Waals surface area contributed by atoms with Crippen LogP contribution in [0.2, 0.25) is 0 Å². The number of amides is 3. The van der Waals surface area contributed by atoms with E-state index in [1.165, 1.54) is 30.5 Å². The molecular formula is C14H14FN3O3. The van der Waals surface area contributed by atoms with Crippen molar-refractivity contribution in [2.75, 3.05) is 18.4 Å². The van der Waals surface area contributed by atoms with Crippen molar-refractivity contribution in [3.63, 3.8) is 0 Å². The molecule has 0 saturated carbocycles. The summed E-state index contributed by atoms with van der Waals surface area (Å²) in [5.74, 6) is -0.506. The first-order valence-electron chi connectivity index (χ1n) is 6.27. The van der Waals surface area contributed by atoms with Gasteiger partial charge in [-0.3, -0.25) is 4.79 Å². The van der Waals surface area contributed by atoms with Gasteiger partial charge in [0.25, 0.3) is 5.91 Å². The van der Waals surface area contributed by atoms with E-state index < -0.39 is 6.03 Å². The van der Waals surface area contributed by atoms with E-state index in [4.69, 9.17) is 4.42 Å². The highest BCUT2D eigenvalue weighted by Gasteiger charge is 2.07. The van der Waals surface area contributed by atoms with E-state index in [1.807, 2.05) is 0 Å². The lowest BCUT2D eigenvalue weighted by molar-refractivity contribution is 0.0926. The van der Waals surface area contributed by atoms with Crippen molar-refractivity contribution in [2.24, 2.45) is 0 Å². The third-order valence-electron chi connectivity index (χ3n) is 2.54. The van der Waals surface area contributed by atoms with Crippen LogP contribution in [0, 0.1) is 5.82 Å². The maximum Gasteiger partial charge on any atom is 0.319 e. The molecule has 1 heterocycles. The molecule has 0 bridgehead atoms. The summed E-state index contributed by atoms with van der Waals surface area (Å²) in [7, 11) is 0. The number of benzene rings is 1. The summed E-state index contributed by atoms with van der Waals surface area (Å²) in [6.07, 6.45) is 1.41. The predicted molar refractivity (Wildman–Crippen MR) is 74.5 cm³/mol. The number of halogens is 1. The molecule has 21 heavy (non-hydrogen) atoms. The third kappa shape index (κ3) is 4.64. The summed E-state index contributed by atoms with van der Waals surface area (Å²) >= 11 is 0. The maximum atomic E-state index is 12.7. The third-order valence-corrected chi connectivity index (χ3v) is 2.54. The zero-order valence-electron chi connectivity index (χ0n) is 11.1. The molecule has 1 aromatic carbocycles. The van der Waals surface area contributed by atoms with Crippen LogP contribution in [0.4, 0.5) is 14.9 Å². The van der Waals surface area contributed by atoms with E-state index in [0.717, 1.165) is 0 Å². The molecule has 0 spiro atoms. The molecule has 0 unspecified atom stereocenters. The normalized spacial score (nSPS) is 9.95. The Morgan fingerprint density at radius 2 is 1.76 bits per heavy atom. The van der Waals surface area contributed by atoms with E-state index in [2.05, 4.69) is 16.0 Å². The smallest absolute Gasteiger partial charge is 0.319 e. The van der Waals surface area contributed by atoms with Crippen LogP contribution in [0.3, 0.4) is 0 Å². The lowest BCUT2D eigenvalue weighted by Gasteiger charge is -2.08. The standard InChI is InChI=1S/C14H14FN3O3/c15-10-3-5-11(6-4-10)18-14(20)17-8-7-16-13(19)12-2-1-9-21-12/h1-6,9H,7-8H2,(H,16,19)(H2,17,18,20). The molecule has 0 radical (unpaired) electrons. The number of urea groups is 1. The Morgan fingerprint density at radius 3 is 2.43 bits per heavy atom. The second kappa shape index (κ2) is 7.09. The summed E-state index contributed by atoms with van der Waals surface area (Å²) in [4.78, 5) is 23.0. The van der Waals surface area contributed by atoms with Crippen molar-refractivity contribution in [2.45, 2.75) is 0 Å². The molecule has 2 rings (SSSR count). The predicted octanol–water partition coefficient (Wildman–Crippen LogP) is 1.97. The van der Waals surface area contributed by atoms with Gasteiger partial charge in [-0.2, -0.15) is 0 Å². The Labute approximate surface area is 120 Å². The number of furan rings is 1. The molecule has 110 valence electrons. The number of hydrogen-bond acceptors (Lipinski definition) is 3. The van der Waals surface area contributed by atoms with Gasteiger partial charge in [0, 0.05) is 18.8 Å². The molecule has 0 aliphatic carbocycles. The minimum Gasteiger partial charge on any atom is -0.459 e. The fourth-order valence-electron chi connectivity index (χ4n) is 1.56. The van der Waals surface area contributed by atoms with Crippen LogP contribution in [0.5, 0.6) is 0 Å². The Hall–Kier alpha value is -2.83. The molecular weight excluding hydrogens is 277 g/mol. The zero-order valence-corrected chi connectivity index (χ0v) is 11.1. The largest absolute Gasteiger partial charge is 0.459 e. The topological polar surface area (TPSA) is 83.4 Å². The van der Waals surface area contributed by atoms with Gasteiger partial charge in [0.15, 0.2) is 5.76 Å². The van der Waals surface area contributed by atoms with Crippen LogP contribution in [-0.2, 0) is 0 Å². The zero-order chi connectivity index (χ0) is 15.1. The highest BCUT2D eigenvalue weighted by molar-refractivity contribution is 5.91. The van der Waals surface area contributed by atoms with Gasteiger partial charge in [0.05, 0.1) is 6.26 Å².